The summed E-state index contributed by atoms with van der Waals surface area (Å²) in [6, 6.07) is -2.09. The highest BCUT2D eigenvalue weighted by Gasteiger charge is 2.33. The normalized spacial score (nSPS) is 17.8. The number of hydrogen-bond donors (Lipinski definition) is 5. The summed E-state index contributed by atoms with van der Waals surface area (Å²) in [7, 11) is 1.90. The van der Waals surface area contributed by atoms with Gasteiger partial charge < -0.3 is 59.5 Å². The molecule has 1 rings (SSSR count). The maximum absolute atomic E-state index is 13.4. The average molecular weight is 810 g/mol. The van der Waals surface area contributed by atoms with Crippen LogP contribution in [0.2, 0.25) is 0 Å². The van der Waals surface area contributed by atoms with Crippen LogP contribution in [0.15, 0.2) is 0 Å². The minimum absolute atomic E-state index is 0.0131. The zero-order chi connectivity index (χ0) is 40.9. The maximum atomic E-state index is 13.4. The molecule has 1 aliphatic carbocycles. The topological polar surface area (TPSA) is 227 Å². The van der Waals surface area contributed by atoms with Gasteiger partial charge in [0.1, 0.15) is 12.1 Å². The molecule has 55 heavy (non-hydrogen) atoms. The van der Waals surface area contributed by atoms with E-state index in [0.717, 1.165) is 0 Å². The molecule has 1 aliphatic rings. The van der Waals surface area contributed by atoms with Crippen LogP contribution in [-0.2, 0) is 61.5 Å². The highest BCUT2D eigenvalue weighted by atomic mass is 31.2. The van der Waals surface area contributed by atoms with Gasteiger partial charge in [-0.1, -0.05) is 13.8 Å². The van der Waals surface area contributed by atoms with Crippen molar-refractivity contribution >= 4 is 36.9 Å². The number of carbonyl (C=O) groups is 5. The third-order valence-electron chi connectivity index (χ3n) is 8.90. The summed E-state index contributed by atoms with van der Waals surface area (Å²) in [4.78, 5) is 65.6. The van der Waals surface area contributed by atoms with Crippen LogP contribution in [0.4, 0.5) is 0 Å². The first-order valence-electron chi connectivity index (χ1n) is 19.2. The molecule has 5 N–H and O–H groups in total. The number of rotatable bonds is 32. The fourth-order valence-electron chi connectivity index (χ4n) is 5.32. The van der Waals surface area contributed by atoms with Crippen molar-refractivity contribution in [2.24, 2.45) is 5.92 Å². The Hall–Kier alpha value is -2.70. The fraction of sp³-hybridized carbons (Fsp3) is 0.861. The molecule has 5 amide bonds. The molecule has 0 aromatic carbocycles. The lowest BCUT2D eigenvalue weighted by Crippen LogP contribution is -2.51. The van der Waals surface area contributed by atoms with Crippen LogP contribution in [0.1, 0.15) is 65.2 Å². The Labute approximate surface area is 326 Å². The van der Waals surface area contributed by atoms with Crippen molar-refractivity contribution in [2.75, 3.05) is 107 Å². The van der Waals surface area contributed by atoms with Crippen molar-refractivity contribution in [3.8, 4) is 0 Å². The summed E-state index contributed by atoms with van der Waals surface area (Å²) in [6.45, 7) is 9.04. The molecule has 0 radical (unpaired) electrons. The number of nitrogens with one attached hydrogen (secondary N) is 5. The predicted octanol–water partition coefficient (Wildman–Crippen LogP) is 0.746. The molecule has 0 spiro atoms. The minimum Gasteiger partial charge on any atom is -0.382 e. The van der Waals surface area contributed by atoms with Gasteiger partial charge in [0.05, 0.1) is 65.6 Å². The SMILES string of the molecule is COCCOCCNC(=O)CCC(NC(=O)CCC(NC(=O)C1CCC(OP(C)(=O)C(C)C)CC1)C(=O)NCCOCCOC)C(=O)NCCOCCOC. The summed E-state index contributed by atoms with van der Waals surface area (Å²) < 4.78 is 49.7. The van der Waals surface area contributed by atoms with Crippen molar-refractivity contribution in [1.82, 2.24) is 26.6 Å². The number of amides is 5. The van der Waals surface area contributed by atoms with Gasteiger partial charge >= 0.3 is 0 Å². The Morgan fingerprint density at radius 2 is 1.04 bits per heavy atom. The molecule has 3 atom stereocenters. The number of hydrogen-bond acceptors (Lipinski definition) is 13. The highest BCUT2D eigenvalue weighted by molar-refractivity contribution is 7.58. The maximum Gasteiger partial charge on any atom is 0.242 e. The van der Waals surface area contributed by atoms with Crippen LogP contribution in [0.3, 0.4) is 0 Å². The third kappa shape index (κ3) is 23.9. The molecule has 0 aromatic rings. The van der Waals surface area contributed by atoms with Gasteiger partial charge in [-0.25, -0.2) is 0 Å². The van der Waals surface area contributed by atoms with E-state index < -0.39 is 37.2 Å². The lowest BCUT2D eigenvalue weighted by molar-refractivity contribution is -0.133. The van der Waals surface area contributed by atoms with E-state index >= 15 is 0 Å². The van der Waals surface area contributed by atoms with Gasteiger partial charge in [0.15, 0.2) is 0 Å². The molecule has 1 fully saturated rings. The molecule has 320 valence electrons. The van der Waals surface area contributed by atoms with Crippen LogP contribution in [0, 0.1) is 5.92 Å². The van der Waals surface area contributed by atoms with Gasteiger partial charge in [-0.15, -0.1) is 0 Å². The molecule has 0 aliphatic heterocycles. The van der Waals surface area contributed by atoms with E-state index in [1.807, 2.05) is 13.8 Å². The second-order valence-corrected chi connectivity index (χ2v) is 16.6. The second kappa shape index (κ2) is 30.4. The lowest BCUT2D eigenvalue weighted by atomic mass is 9.86. The smallest absolute Gasteiger partial charge is 0.242 e. The van der Waals surface area contributed by atoms with E-state index in [2.05, 4.69) is 26.6 Å². The van der Waals surface area contributed by atoms with Crippen LogP contribution in [0.25, 0.3) is 0 Å². The van der Waals surface area contributed by atoms with Gasteiger partial charge in [0.25, 0.3) is 0 Å². The van der Waals surface area contributed by atoms with Gasteiger partial charge in [-0.05, 0) is 38.5 Å². The van der Waals surface area contributed by atoms with E-state index in [9.17, 15) is 28.5 Å². The molecule has 18 nitrogen and oxygen atoms in total. The summed E-state index contributed by atoms with van der Waals surface area (Å²) in [5.74, 6) is -2.54. The first-order valence-corrected chi connectivity index (χ1v) is 21.4. The van der Waals surface area contributed by atoms with Gasteiger partial charge in [0.2, 0.25) is 36.9 Å². The first-order chi connectivity index (χ1) is 26.3. The average Bonchev–Trinajstić information content (AvgIpc) is 3.15. The number of ether oxygens (including phenoxy) is 6. The van der Waals surface area contributed by atoms with Crippen molar-refractivity contribution in [2.45, 2.75) is 89.1 Å². The van der Waals surface area contributed by atoms with Crippen molar-refractivity contribution < 1.29 is 61.5 Å². The molecule has 3 unspecified atom stereocenters. The van der Waals surface area contributed by atoms with Crippen molar-refractivity contribution in [3.05, 3.63) is 0 Å². The third-order valence-corrected chi connectivity index (χ3v) is 11.5. The van der Waals surface area contributed by atoms with Gasteiger partial charge in [0, 0.05) is 72.0 Å². The second-order valence-electron chi connectivity index (χ2n) is 13.6. The van der Waals surface area contributed by atoms with Crippen LogP contribution in [0.5, 0.6) is 0 Å². The van der Waals surface area contributed by atoms with Crippen molar-refractivity contribution in [1.29, 1.82) is 0 Å². The van der Waals surface area contributed by atoms with E-state index in [0.29, 0.717) is 71.9 Å². The molecular formula is C36H68N5O13P. The zero-order valence-corrected chi connectivity index (χ0v) is 34.7. The quantitative estimate of drug-likeness (QED) is 0.0468. The minimum atomic E-state index is -2.77. The Morgan fingerprint density at radius 3 is 1.49 bits per heavy atom. The summed E-state index contributed by atoms with van der Waals surface area (Å²) >= 11 is 0. The van der Waals surface area contributed by atoms with Gasteiger partial charge in [-0.2, -0.15) is 0 Å². The van der Waals surface area contributed by atoms with Crippen LogP contribution in [-0.4, -0.2) is 160 Å². The Morgan fingerprint density at radius 1 is 0.600 bits per heavy atom. The summed E-state index contributed by atoms with van der Waals surface area (Å²) in [6.07, 6.45) is 1.63. The Balaban J connectivity index is 2.87. The Kier molecular flexibility index (Phi) is 27.8. The number of methoxy groups -OCH3 is 3. The summed E-state index contributed by atoms with van der Waals surface area (Å²) in [5, 5.41) is 13.7. The zero-order valence-electron chi connectivity index (χ0n) is 33.8. The van der Waals surface area contributed by atoms with Crippen LogP contribution < -0.4 is 26.6 Å². The van der Waals surface area contributed by atoms with E-state index in [-0.39, 0.29) is 88.0 Å². The molecule has 0 heterocycles. The molecular weight excluding hydrogens is 741 g/mol. The standard InChI is InChI=1S/C36H68N5O13P/c1-27(2)55(6,47)54-29-9-7-28(8-10-29)34(44)41-31(36(46)39-17-20-53-26-23-50-5)12-14-33(43)40-30(35(45)38-16-19-52-25-22-49-4)11-13-32(42)37-15-18-51-24-21-48-3/h27-31H,7-26H2,1-6H3,(H,37,42)(H,38,45)(H,39,46)(H,40,43)(H,41,44). The molecule has 0 aromatic heterocycles. The lowest BCUT2D eigenvalue weighted by Gasteiger charge is -2.31. The van der Waals surface area contributed by atoms with E-state index in [1.54, 1.807) is 28.0 Å². The molecule has 0 saturated heterocycles. The van der Waals surface area contributed by atoms with E-state index in [1.165, 1.54) is 0 Å². The highest BCUT2D eigenvalue weighted by Crippen LogP contribution is 2.50. The molecule has 19 heteroatoms. The molecule has 0 bridgehead atoms. The van der Waals surface area contributed by atoms with Crippen molar-refractivity contribution in [3.63, 3.8) is 0 Å². The first kappa shape index (κ1) is 50.3. The van der Waals surface area contributed by atoms with Gasteiger partial charge in [-0.3, -0.25) is 28.5 Å². The van der Waals surface area contributed by atoms with E-state index in [4.69, 9.17) is 32.9 Å². The fourth-order valence-corrected chi connectivity index (χ4v) is 6.36. The predicted molar refractivity (Wildman–Crippen MR) is 205 cm³/mol. The Bertz CT molecular complexity index is 1160. The molecule has 1 saturated carbocycles. The largest absolute Gasteiger partial charge is 0.382 e. The monoisotopic (exact) mass is 809 g/mol. The number of carbonyl (C=O) groups excluding carboxylic acids is 5. The summed E-state index contributed by atoms with van der Waals surface area (Å²) in [5.41, 5.74) is -0.104. The van der Waals surface area contributed by atoms with Crippen LogP contribution >= 0.6 is 7.37 Å².